The van der Waals surface area contributed by atoms with Gasteiger partial charge < -0.3 is 19.6 Å². The van der Waals surface area contributed by atoms with Crippen LogP contribution in [0.3, 0.4) is 0 Å². The minimum atomic E-state index is -0.119. The van der Waals surface area contributed by atoms with E-state index in [9.17, 15) is 0 Å². The predicted octanol–water partition coefficient (Wildman–Crippen LogP) is 23.8. The Kier molecular flexibility index (Phi) is 14.6. The molecule has 0 spiro atoms. The summed E-state index contributed by atoms with van der Waals surface area (Å²) in [5, 5.41) is 0. The van der Waals surface area contributed by atoms with Crippen molar-refractivity contribution in [2.75, 3.05) is 19.6 Å². The number of hydrogen-bond acceptors (Lipinski definition) is 4. The molecule has 9 aromatic rings. The van der Waals surface area contributed by atoms with E-state index in [1.54, 1.807) is 0 Å². The summed E-state index contributed by atoms with van der Waals surface area (Å²) in [6.07, 6.45) is 3.26. The molecule has 0 fully saturated rings. The van der Waals surface area contributed by atoms with Crippen LogP contribution in [0.2, 0.25) is 0 Å². The van der Waals surface area contributed by atoms with Crippen molar-refractivity contribution in [1.82, 2.24) is 0 Å². The van der Waals surface area contributed by atoms with E-state index in [4.69, 9.17) is 0 Å². The maximum Gasteiger partial charge on any atom is 0.252 e. The molecule has 9 aromatic carbocycles. The topological polar surface area (TPSA) is 13.0 Å². The summed E-state index contributed by atoms with van der Waals surface area (Å²) in [5.41, 5.74) is 31.9. The Morgan fingerprint density at radius 3 is 0.896 bits per heavy atom. The molecule has 5 heteroatoms. The minimum absolute atomic E-state index is 0.00110. The first-order chi connectivity index (χ1) is 44.5. The summed E-state index contributed by atoms with van der Waals surface area (Å²) in [6, 6.07) is 70.9. The van der Waals surface area contributed by atoms with Gasteiger partial charge in [0, 0.05) is 62.6 Å². The minimum Gasteiger partial charge on any atom is -0.311 e. The van der Waals surface area contributed by atoms with Gasteiger partial charge in [0.05, 0.1) is 5.69 Å². The van der Waals surface area contributed by atoms with Gasteiger partial charge in [-0.3, -0.25) is 0 Å². The van der Waals surface area contributed by atoms with Crippen molar-refractivity contribution in [3.63, 3.8) is 0 Å². The van der Waals surface area contributed by atoms with Gasteiger partial charge in [0.15, 0.2) is 0 Å². The van der Waals surface area contributed by atoms with E-state index in [0.29, 0.717) is 0 Å². The Hall–Kier alpha value is -7.76. The van der Waals surface area contributed by atoms with Gasteiger partial charge in [-0.1, -0.05) is 239 Å². The lowest BCUT2D eigenvalue weighted by Gasteiger charge is -2.46. The first-order valence-electron chi connectivity index (χ1n) is 36.0. The number of nitrogens with zero attached hydrogens (tertiary/aromatic N) is 4. The fourth-order valence-corrected chi connectivity index (χ4v) is 18.8. The van der Waals surface area contributed by atoms with Crippen LogP contribution in [0, 0.1) is 0 Å². The fraction of sp³-hybridized carbons (Fsp3) is 0.407. The lowest BCUT2D eigenvalue weighted by molar-refractivity contribution is 0.402. The molecule has 0 bridgehead atoms. The summed E-state index contributed by atoms with van der Waals surface area (Å²) in [6.45, 7) is 57.4. The van der Waals surface area contributed by atoms with E-state index in [0.717, 1.165) is 53.4 Å². The van der Waals surface area contributed by atoms with Crippen molar-refractivity contribution in [3.8, 4) is 0 Å². The quantitative estimate of drug-likeness (QED) is 0.141. The van der Waals surface area contributed by atoms with Crippen molar-refractivity contribution < 1.29 is 0 Å². The summed E-state index contributed by atoms with van der Waals surface area (Å²) >= 11 is 0. The number of benzene rings is 9. The highest BCUT2D eigenvalue weighted by Gasteiger charge is 2.51. The van der Waals surface area contributed by atoms with Crippen LogP contribution in [0.15, 0.2) is 176 Å². The van der Waals surface area contributed by atoms with Crippen LogP contribution in [0.4, 0.5) is 68.2 Å². The Balaban J connectivity index is 1.13. The van der Waals surface area contributed by atoms with Gasteiger partial charge in [0.1, 0.15) is 0 Å². The van der Waals surface area contributed by atoms with E-state index >= 15 is 0 Å². The highest BCUT2D eigenvalue weighted by atomic mass is 15.2. The summed E-state index contributed by atoms with van der Waals surface area (Å²) in [4.78, 5) is 10.5. The number of anilines is 12. The molecule has 5 aliphatic rings. The molecule has 0 unspecified atom stereocenters. The van der Waals surface area contributed by atoms with Gasteiger partial charge in [-0.2, -0.15) is 0 Å². The molecule has 3 aliphatic carbocycles. The normalized spacial score (nSPS) is 18.1. The van der Waals surface area contributed by atoms with Crippen LogP contribution in [0.25, 0.3) is 0 Å². The van der Waals surface area contributed by atoms with Crippen LogP contribution >= 0.6 is 0 Å². The lowest BCUT2D eigenvalue weighted by Crippen LogP contribution is -2.61. The SMILES string of the molecule is CC(C)(C)c1ccc(N(c2ccc(C(C)(C)C)cc2)c2ccc3c(c2)N(c2ccc4c(c2)C(C)(C)CC4(C)C)c2cc(N(c4ccc(C(C)(C)C)cc4)c4ccc(C(C)(C)C)cc4)cc4c2B3c2cc3c(cc2N4c2ccc4c(c2)C(C)(C)CC4(C)C)C(C)(C)CC3(C)C)cc1. The molecule has 2 aliphatic heterocycles. The molecule has 4 nitrogen and oxygen atoms in total. The van der Waals surface area contributed by atoms with E-state index in [1.165, 1.54) is 106 Å². The first-order valence-corrected chi connectivity index (χ1v) is 36.0. The zero-order valence-corrected chi connectivity index (χ0v) is 62.7. The molecule has 0 saturated carbocycles. The second-order valence-corrected chi connectivity index (χ2v) is 37.9. The molecule has 0 atom stereocenters. The molecular formula is C91H107BN4. The molecule has 2 heterocycles. The van der Waals surface area contributed by atoms with Gasteiger partial charge >= 0.3 is 0 Å². The molecule has 0 N–H and O–H groups in total. The summed E-state index contributed by atoms with van der Waals surface area (Å²) in [5.74, 6) is 0. The average Bonchev–Trinajstić information content (AvgIpc) is 0.995. The number of hydrogen-bond donors (Lipinski definition) is 0. The van der Waals surface area contributed by atoms with Gasteiger partial charge in [0.25, 0.3) is 6.71 Å². The zero-order valence-electron chi connectivity index (χ0n) is 62.7. The van der Waals surface area contributed by atoms with Crippen molar-refractivity contribution in [2.45, 2.75) is 240 Å². The predicted molar refractivity (Wildman–Crippen MR) is 417 cm³/mol. The van der Waals surface area contributed by atoms with Crippen LogP contribution in [-0.2, 0) is 54.1 Å². The second kappa shape index (κ2) is 21.4. The largest absolute Gasteiger partial charge is 0.311 e. The molecule has 0 saturated heterocycles. The molecule has 14 rings (SSSR count). The highest BCUT2D eigenvalue weighted by molar-refractivity contribution is 7.00. The van der Waals surface area contributed by atoms with Crippen molar-refractivity contribution in [2.24, 2.45) is 0 Å². The lowest BCUT2D eigenvalue weighted by atomic mass is 9.33. The Labute approximate surface area is 578 Å². The van der Waals surface area contributed by atoms with Gasteiger partial charge in [-0.05, 0) is 249 Å². The van der Waals surface area contributed by atoms with Crippen molar-refractivity contribution in [1.29, 1.82) is 0 Å². The fourth-order valence-electron chi connectivity index (χ4n) is 18.8. The molecular weight excluding hydrogens is 1160 g/mol. The van der Waals surface area contributed by atoms with Gasteiger partial charge in [-0.15, -0.1) is 0 Å². The zero-order chi connectivity index (χ0) is 68.9. The van der Waals surface area contributed by atoms with E-state index in [-0.39, 0.29) is 60.9 Å². The molecule has 494 valence electrons. The highest BCUT2D eigenvalue weighted by Crippen LogP contribution is 2.58. The third-order valence-electron chi connectivity index (χ3n) is 23.2. The average molecular weight is 1270 g/mol. The summed E-state index contributed by atoms with van der Waals surface area (Å²) < 4.78 is 0. The molecule has 0 aromatic heterocycles. The smallest absolute Gasteiger partial charge is 0.252 e. The Morgan fingerprint density at radius 2 is 0.552 bits per heavy atom. The number of fused-ring (bicyclic) bond motifs is 7. The van der Waals surface area contributed by atoms with Crippen LogP contribution in [-0.4, -0.2) is 6.71 Å². The maximum absolute atomic E-state index is 2.73. The van der Waals surface area contributed by atoms with E-state index < -0.39 is 0 Å². The van der Waals surface area contributed by atoms with Crippen molar-refractivity contribution >= 4 is 91.3 Å². The molecule has 0 amide bonds. The van der Waals surface area contributed by atoms with Gasteiger partial charge in [0.2, 0.25) is 0 Å². The van der Waals surface area contributed by atoms with E-state index in [1.807, 2.05) is 0 Å². The monoisotopic (exact) mass is 1270 g/mol. The first kappa shape index (κ1) is 65.5. The molecule has 96 heavy (non-hydrogen) atoms. The number of rotatable bonds is 8. The van der Waals surface area contributed by atoms with Crippen LogP contribution in [0.5, 0.6) is 0 Å². The third-order valence-corrected chi connectivity index (χ3v) is 23.2. The molecule has 0 radical (unpaired) electrons. The van der Waals surface area contributed by atoms with Gasteiger partial charge in [-0.25, -0.2) is 0 Å². The standard InChI is InChI=1S/C91H107BN4/c1-82(2,3)57-25-33-61(34-26-57)93(62-35-27-58(28-36-62)83(4,5)6)67-43-46-75-77(49-67)95(65-41-44-69-71(47-65)88(17,18)54-86(69,13)14)79-50-68(94(63-37-29-59(30-38-63)84(7,8)9)64-39-31-60(32-40-64)85(10,11)12)51-80-81(79)92(75)76-52-73-74(91(23,24)56-90(73,21)22)53-78(76)96(80)66-42-45-70-72(48-66)89(19,20)55-87(70,15)16/h25-53H,54-56H2,1-24H3. The third kappa shape index (κ3) is 10.8. The summed E-state index contributed by atoms with van der Waals surface area (Å²) in [7, 11) is 0. The van der Waals surface area contributed by atoms with Crippen molar-refractivity contribution in [3.05, 3.63) is 232 Å². The van der Waals surface area contributed by atoms with Crippen LogP contribution in [0.1, 0.15) is 241 Å². The van der Waals surface area contributed by atoms with E-state index in [2.05, 4.69) is 362 Å². The Morgan fingerprint density at radius 1 is 0.271 bits per heavy atom. The second-order valence-electron chi connectivity index (χ2n) is 37.9. The van der Waals surface area contributed by atoms with Crippen LogP contribution < -0.4 is 36.0 Å². The maximum atomic E-state index is 2.73. The Bertz CT molecular complexity index is 4460.